The molecule has 2 rings (SSSR count). The Bertz CT molecular complexity index is 348. The molecule has 2 heterocycles. The molecule has 0 spiro atoms. The number of ether oxygens (including phenoxy) is 1. The van der Waals surface area contributed by atoms with Crippen LogP contribution in [0.3, 0.4) is 0 Å². The number of amides is 1. The van der Waals surface area contributed by atoms with Crippen LogP contribution >= 0.6 is 0 Å². The molecule has 108 valence electrons. The van der Waals surface area contributed by atoms with Crippen LogP contribution in [0, 0.1) is 5.92 Å². The maximum Gasteiger partial charge on any atom is 0.303 e. The summed E-state index contributed by atoms with van der Waals surface area (Å²) in [7, 11) is 1.66. The smallest absolute Gasteiger partial charge is 0.303 e. The van der Waals surface area contributed by atoms with Gasteiger partial charge in [-0.1, -0.05) is 0 Å². The number of rotatable bonds is 4. The normalized spacial score (nSPS) is 31.4. The van der Waals surface area contributed by atoms with E-state index in [1.807, 2.05) is 4.90 Å². The van der Waals surface area contributed by atoms with Crippen molar-refractivity contribution in [3.8, 4) is 0 Å². The first-order valence-corrected chi connectivity index (χ1v) is 6.87. The van der Waals surface area contributed by atoms with Gasteiger partial charge in [-0.25, -0.2) is 0 Å². The van der Waals surface area contributed by atoms with Gasteiger partial charge in [-0.3, -0.25) is 9.59 Å². The van der Waals surface area contributed by atoms with E-state index in [0.29, 0.717) is 19.5 Å². The first-order valence-electron chi connectivity index (χ1n) is 6.87. The van der Waals surface area contributed by atoms with Crippen LogP contribution < -0.4 is 5.32 Å². The maximum atomic E-state index is 12.4. The highest BCUT2D eigenvalue weighted by molar-refractivity contribution is 5.82. The Morgan fingerprint density at radius 3 is 2.89 bits per heavy atom. The second-order valence-corrected chi connectivity index (χ2v) is 5.44. The quantitative estimate of drug-likeness (QED) is 0.756. The number of aliphatic carboxylic acids is 1. The summed E-state index contributed by atoms with van der Waals surface area (Å²) in [5.41, 5.74) is 0. The zero-order valence-electron chi connectivity index (χ0n) is 11.3. The van der Waals surface area contributed by atoms with Gasteiger partial charge in [-0.15, -0.1) is 0 Å². The van der Waals surface area contributed by atoms with Gasteiger partial charge in [0.2, 0.25) is 5.91 Å². The molecule has 0 bridgehead atoms. The lowest BCUT2D eigenvalue weighted by atomic mass is 9.94. The third-order valence-electron chi connectivity index (χ3n) is 4.02. The zero-order valence-corrected chi connectivity index (χ0v) is 11.3. The fraction of sp³-hybridized carbons (Fsp3) is 0.846. The van der Waals surface area contributed by atoms with Crippen molar-refractivity contribution in [1.29, 1.82) is 0 Å². The third kappa shape index (κ3) is 3.67. The molecule has 2 aliphatic heterocycles. The average molecular weight is 270 g/mol. The summed E-state index contributed by atoms with van der Waals surface area (Å²) in [5, 5.41) is 12.0. The van der Waals surface area contributed by atoms with Crippen molar-refractivity contribution >= 4 is 11.9 Å². The van der Waals surface area contributed by atoms with E-state index >= 15 is 0 Å². The van der Waals surface area contributed by atoms with E-state index in [9.17, 15) is 9.59 Å². The zero-order chi connectivity index (χ0) is 13.8. The van der Waals surface area contributed by atoms with Gasteiger partial charge in [0.25, 0.3) is 0 Å². The molecule has 3 atom stereocenters. The van der Waals surface area contributed by atoms with Crippen molar-refractivity contribution in [2.45, 2.75) is 37.8 Å². The van der Waals surface area contributed by atoms with Crippen LogP contribution in [0.15, 0.2) is 0 Å². The highest BCUT2D eigenvalue weighted by atomic mass is 16.5. The lowest BCUT2D eigenvalue weighted by Crippen LogP contribution is -2.48. The first kappa shape index (κ1) is 14.3. The predicted octanol–water partition coefficient (Wildman–Crippen LogP) is 0.0766. The highest BCUT2D eigenvalue weighted by Crippen LogP contribution is 2.21. The van der Waals surface area contributed by atoms with Gasteiger partial charge in [0.1, 0.15) is 0 Å². The molecule has 0 aromatic heterocycles. The molecule has 0 saturated carbocycles. The van der Waals surface area contributed by atoms with E-state index in [0.717, 1.165) is 19.4 Å². The lowest BCUT2D eigenvalue weighted by molar-refractivity contribution is -0.141. The molecular weight excluding hydrogens is 248 g/mol. The number of hydrogen-bond acceptors (Lipinski definition) is 4. The number of nitrogens with one attached hydrogen (secondary N) is 1. The van der Waals surface area contributed by atoms with Crippen molar-refractivity contribution in [3.63, 3.8) is 0 Å². The topological polar surface area (TPSA) is 78.9 Å². The summed E-state index contributed by atoms with van der Waals surface area (Å²) in [6.07, 6.45) is 2.75. The summed E-state index contributed by atoms with van der Waals surface area (Å²) >= 11 is 0. The molecular formula is C13H22N2O4. The van der Waals surface area contributed by atoms with Crippen molar-refractivity contribution < 1.29 is 19.4 Å². The monoisotopic (exact) mass is 270 g/mol. The minimum atomic E-state index is -0.780. The molecule has 2 N–H and O–H groups in total. The van der Waals surface area contributed by atoms with Crippen molar-refractivity contribution in [1.82, 2.24) is 10.2 Å². The number of carboxylic acids is 1. The molecule has 1 amide bonds. The fourth-order valence-corrected chi connectivity index (χ4v) is 2.97. The third-order valence-corrected chi connectivity index (χ3v) is 4.02. The molecule has 0 aromatic rings. The highest BCUT2D eigenvalue weighted by Gasteiger charge is 2.34. The Kier molecular flexibility index (Phi) is 4.76. The Balaban J connectivity index is 1.87. The van der Waals surface area contributed by atoms with Gasteiger partial charge >= 0.3 is 5.97 Å². The van der Waals surface area contributed by atoms with Gasteiger partial charge < -0.3 is 20.1 Å². The van der Waals surface area contributed by atoms with Crippen molar-refractivity contribution in [2.24, 2.45) is 5.92 Å². The first-order chi connectivity index (χ1) is 9.10. The minimum absolute atomic E-state index is 0.0923. The molecule has 0 radical (unpaired) electrons. The standard InChI is InChI=1S/C13H22N2O4/c1-19-10-6-11(14-7-10)13(18)15-4-2-3-9(8-15)5-12(16)17/h9-11,14H,2-8H2,1H3,(H,16,17). The van der Waals surface area contributed by atoms with Crippen LogP contribution in [0.1, 0.15) is 25.7 Å². The maximum absolute atomic E-state index is 12.4. The van der Waals surface area contributed by atoms with Gasteiger partial charge in [0, 0.05) is 33.2 Å². The molecule has 2 saturated heterocycles. The van der Waals surface area contributed by atoms with Crippen LogP contribution in [-0.4, -0.2) is 60.8 Å². The summed E-state index contributed by atoms with van der Waals surface area (Å²) < 4.78 is 5.24. The lowest BCUT2D eigenvalue weighted by Gasteiger charge is -2.33. The van der Waals surface area contributed by atoms with Crippen LogP contribution in [0.5, 0.6) is 0 Å². The van der Waals surface area contributed by atoms with E-state index in [-0.39, 0.29) is 30.4 Å². The molecule has 6 heteroatoms. The number of carboxylic acid groups (broad SMARTS) is 1. The van der Waals surface area contributed by atoms with Crippen LogP contribution in [0.2, 0.25) is 0 Å². The van der Waals surface area contributed by atoms with Crippen LogP contribution in [0.4, 0.5) is 0 Å². The van der Waals surface area contributed by atoms with E-state index in [4.69, 9.17) is 9.84 Å². The largest absolute Gasteiger partial charge is 0.481 e. The van der Waals surface area contributed by atoms with E-state index in [1.54, 1.807) is 7.11 Å². The Hall–Kier alpha value is -1.14. The molecule has 6 nitrogen and oxygen atoms in total. The molecule has 0 aromatic carbocycles. The van der Waals surface area contributed by atoms with Crippen molar-refractivity contribution in [2.75, 3.05) is 26.7 Å². The fourth-order valence-electron chi connectivity index (χ4n) is 2.97. The average Bonchev–Trinajstić information content (AvgIpc) is 2.86. The number of carbonyl (C=O) groups is 2. The minimum Gasteiger partial charge on any atom is -0.481 e. The van der Waals surface area contributed by atoms with E-state index in [2.05, 4.69) is 5.32 Å². The van der Waals surface area contributed by atoms with E-state index in [1.165, 1.54) is 0 Å². The number of piperidine rings is 1. The second kappa shape index (κ2) is 6.34. The molecule has 0 aliphatic carbocycles. The second-order valence-electron chi connectivity index (χ2n) is 5.44. The molecule has 2 fully saturated rings. The van der Waals surface area contributed by atoms with E-state index < -0.39 is 5.97 Å². The summed E-state index contributed by atoms with van der Waals surface area (Å²) in [6.45, 7) is 2.02. The summed E-state index contributed by atoms with van der Waals surface area (Å²) in [5.74, 6) is -0.595. The number of likely N-dealkylation sites (tertiary alicyclic amines) is 1. The Labute approximate surface area is 113 Å². The SMILES string of the molecule is COC1CNC(C(=O)N2CCCC(CC(=O)O)C2)C1. The Morgan fingerprint density at radius 2 is 2.26 bits per heavy atom. The number of methoxy groups -OCH3 is 1. The summed E-state index contributed by atoms with van der Waals surface area (Å²) in [4.78, 5) is 24.9. The molecule has 19 heavy (non-hydrogen) atoms. The molecule has 2 aliphatic rings. The van der Waals surface area contributed by atoms with Gasteiger partial charge in [-0.2, -0.15) is 0 Å². The number of nitrogens with zero attached hydrogens (tertiary/aromatic N) is 1. The van der Waals surface area contributed by atoms with Crippen LogP contribution in [-0.2, 0) is 14.3 Å². The van der Waals surface area contributed by atoms with Crippen molar-refractivity contribution in [3.05, 3.63) is 0 Å². The number of carbonyl (C=O) groups excluding carboxylic acids is 1. The van der Waals surface area contributed by atoms with Crippen LogP contribution in [0.25, 0.3) is 0 Å². The Morgan fingerprint density at radius 1 is 1.47 bits per heavy atom. The van der Waals surface area contributed by atoms with Gasteiger partial charge in [-0.05, 0) is 25.2 Å². The van der Waals surface area contributed by atoms with Gasteiger partial charge in [0.05, 0.1) is 12.1 Å². The molecule has 3 unspecified atom stereocenters. The predicted molar refractivity (Wildman–Crippen MR) is 68.8 cm³/mol. The number of hydrogen-bond donors (Lipinski definition) is 2. The summed E-state index contributed by atoms with van der Waals surface area (Å²) in [6, 6.07) is -0.173. The van der Waals surface area contributed by atoms with Gasteiger partial charge in [0.15, 0.2) is 0 Å².